The van der Waals surface area contributed by atoms with Crippen molar-refractivity contribution in [2.24, 2.45) is 0 Å². The van der Waals surface area contributed by atoms with Gasteiger partial charge in [-0.25, -0.2) is 9.37 Å². The SMILES string of the molecule is O=C(Sc1nc2ccccc2[nH]c1=O)c1ccc(F)cc1. The highest BCUT2D eigenvalue weighted by Crippen LogP contribution is 2.19. The van der Waals surface area contributed by atoms with Crippen molar-refractivity contribution in [1.82, 2.24) is 9.97 Å². The summed E-state index contributed by atoms with van der Waals surface area (Å²) in [7, 11) is 0. The fourth-order valence-electron chi connectivity index (χ4n) is 1.81. The quantitative estimate of drug-likeness (QED) is 0.739. The Kier molecular flexibility index (Phi) is 3.53. The van der Waals surface area contributed by atoms with Gasteiger partial charge in [-0.1, -0.05) is 12.1 Å². The maximum Gasteiger partial charge on any atom is 0.281 e. The summed E-state index contributed by atoms with van der Waals surface area (Å²) in [4.78, 5) is 30.8. The highest BCUT2D eigenvalue weighted by Gasteiger charge is 2.13. The van der Waals surface area contributed by atoms with E-state index < -0.39 is 11.4 Å². The summed E-state index contributed by atoms with van der Waals surface area (Å²) in [6.07, 6.45) is 0. The Bertz CT molecular complexity index is 875. The molecule has 0 atom stereocenters. The summed E-state index contributed by atoms with van der Waals surface area (Å²) in [5.41, 5.74) is 1.11. The highest BCUT2D eigenvalue weighted by molar-refractivity contribution is 8.14. The number of H-pyrrole nitrogens is 1. The van der Waals surface area contributed by atoms with Crippen LogP contribution in [0.5, 0.6) is 0 Å². The number of benzene rings is 2. The number of para-hydroxylation sites is 2. The zero-order chi connectivity index (χ0) is 14.8. The van der Waals surface area contributed by atoms with Gasteiger partial charge in [0.15, 0.2) is 5.03 Å². The molecule has 0 aliphatic carbocycles. The van der Waals surface area contributed by atoms with E-state index in [1.807, 2.05) is 0 Å². The summed E-state index contributed by atoms with van der Waals surface area (Å²) in [6.45, 7) is 0. The number of nitrogens with one attached hydrogen (secondary N) is 1. The van der Waals surface area contributed by atoms with Gasteiger partial charge in [0.1, 0.15) is 5.82 Å². The van der Waals surface area contributed by atoms with Crippen LogP contribution in [-0.2, 0) is 0 Å². The lowest BCUT2D eigenvalue weighted by Crippen LogP contribution is -2.12. The lowest BCUT2D eigenvalue weighted by atomic mass is 10.2. The lowest BCUT2D eigenvalue weighted by Gasteiger charge is -2.02. The molecule has 1 aromatic heterocycles. The van der Waals surface area contributed by atoms with Gasteiger partial charge in [0.05, 0.1) is 11.0 Å². The Morgan fingerprint density at radius 1 is 1.10 bits per heavy atom. The molecule has 1 heterocycles. The van der Waals surface area contributed by atoms with Crippen molar-refractivity contribution in [2.75, 3.05) is 0 Å². The van der Waals surface area contributed by atoms with Gasteiger partial charge in [0.25, 0.3) is 5.56 Å². The highest BCUT2D eigenvalue weighted by atomic mass is 32.2. The van der Waals surface area contributed by atoms with Crippen LogP contribution < -0.4 is 5.56 Å². The molecule has 0 aliphatic heterocycles. The molecule has 0 saturated carbocycles. The zero-order valence-corrected chi connectivity index (χ0v) is 11.5. The molecular formula is C15H9FN2O2S. The first-order valence-corrected chi connectivity index (χ1v) is 6.92. The standard InChI is InChI=1S/C15H9FN2O2S/c16-10-7-5-9(6-8-10)15(20)21-14-13(19)17-11-3-1-2-4-12(11)18-14/h1-8H,(H,17,19). The molecule has 3 rings (SSSR count). The summed E-state index contributed by atoms with van der Waals surface area (Å²) in [5, 5.41) is -0.286. The molecule has 0 amide bonds. The number of carbonyl (C=O) groups is 1. The summed E-state index contributed by atoms with van der Waals surface area (Å²) in [6, 6.07) is 12.2. The first-order valence-electron chi connectivity index (χ1n) is 6.10. The van der Waals surface area contributed by atoms with Gasteiger partial charge in [-0.2, -0.15) is 0 Å². The molecule has 4 nitrogen and oxygen atoms in total. The maximum absolute atomic E-state index is 12.8. The van der Waals surface area contributed by atoms with Gasteiger partial charge in [-0.3, -0.25) is 9.59 Å². The van der Waals surface area contributed by atoms with Crippen molar-refractivity contribution >= 4 is 27.9 Å². The van der Waals surface area contributed by atoms with E-state index >= 15 is 0 Å². The number of aromatic nitrogens is 2. The predicted molar refractivity (Wildman–Crippen MR) is 79.0 cm³/mol. The second-order valence-electron chi connectivity index (χ2n) is 4.28. The van der Waals surface area contributed by atoms with Gasteiger partial charge in [-0.15, -0.1) is 0 Å². The molecule has 2 aromatic carbocycles. The van der Waals surface area contributed by atoms with Crippen LogP contribution in [0.15, 0.2) is 58.4 Å². The van der Waals surface area contributed by atoms with Crippen molar-refractivity contribution in [3.8, 4) is 0 Å². The van der Waals surface area contributed by atoms with E-state index in [9.17, 15) is 14.0 Å². The van der Waals surface area contributed by atoms with Crippen molar-refractivity contribution in [3.05, 3.63) is 70.3 Å². The zero-order valence-electron chi connectivity index (χ0n) is 10.7. The van der Waals surface area contributed by atoms with E-state index in [0.29, 0.717) is 16.6 Å². The molecule has 104 valence electrons. The third kappa shape index (κ3) is 2.85. The molecule has 6 heteroatoms. The number of aromatic amines is 1. The molecule has 0 unspecified atom stereocenters. The first kappa shape index (κ1) is 13.5. The number of hydrogen-bond acceptors (Lipinski definition) is 4. The van der Waals surface area contributed by atoms with Crippen molar-refractivity contribution in [2.45, 2.75) is 5.03 Å². The van der Waals surface area contributed by atoms with E-state index in [2.05, 4.69) is 9.97 Å². The molecule has 0 spiro atoms. The normalized spacial score (nSPS) is 10.7. The molecule has 0 aliphatic rings. The number of hydrogen-bond donors (Lipinski definition) is 1. The Morgan fingerprint density at radius 3 is 2.57 bits per heavy atom. The van der Waals surface area contributed by atoms with Gasteiger partial charge < -0.3 is 4.98 Å². The third-order valence-electron chi connectivity index (χ3n) is 2.84. The van der Waals surface area contributed by atoms with Crippen molar-refractivity contribution in [3.63, 3.8) is 0 Å². The molecule has 0 bridgehead atoms. The number of fused-ring (bicyclic) bond motifs is 1. The number of nitrogens with zero attached hydrogens (tertiary/aromatic N) is 1. The minimum absolute atomic E-state index is 0.0722. The van der Waals surface area contributed by atoms with Gasteiger partial charge >= 0.3 is 0 Å². The summed E-state index contributed by atoms with van der Waals surface area (Å²) in [5.74, 6) is -0.418. The molecule has 0 fully saturated rings. The smallest absolute Gasteiger partial charge is 0.281 e. The van der Waals surface area contributed by atoms with E-state index in [-0.39, 0.29) is 10.1 Å². The Morgan fingerprint density at radius 2 is 1.81 bits per heavy atom. The van der Waals surface area contributed by atoms with Crippen LogP contribution in [-0.4, -0.2) is 15.1 Å². The molecule has 1 N–H and O–H groups in total. The van der Waals surface area contributed by atoms with E-state index in [0.717, 1.165) is 11.8 Å². The minimum Gasteiger partial charge on any atom is -0.318 e. The number of thioether (sulfide) groups is 1. The molecular weight excluding hydrogens is 291 g/mol. The van der Waals surface area contributed by atoms with Crippen LogP contribution in [0.2, 0.25) is 0 Å². The minimum atomic E-state index is -0.422. The van der Waals surface area contributed by atoms with E-state index in [4.69, 9.17) is 0 Å². The van der Waals surface area contributed by atoms with E-state index in [1.54, 1.807) is 24.3 Å². The second kappa shape index (κ2) is 5.49. The van der Waals surface area contributed by atoms with Crippen molar-refractivity contribution < 1.29 is 9.18 Å². The number of rotatable bonds is 2. The van der Waals surface area contributed by atoms with Gasteiger partial charge in [0.2, 0.25) is 5.12 Å². The molecule has 3 aromatic rings. The summed E-state index contributed by atoms with van der Waals surface area (Å²) >= 11 is 0.728. The monoisotopic (exact) mass is 300 g/mol. The van der Waals surface area contributed by atoms with Crippen LogP contribution in [0.25, 0.3) is 11.0 Å². The Balaban J connectivity index is 1.94. The average molecular weight is 300 g/mol. The maximum atomic E-state index is 12.8. The Labute approximate surface area is 123 Å². The average Bonchev–Trinajstić information content (AvgIpc) is 2.48. The number of carbonyl (C=O) groups excluding carboxylic acids is 1. The lowest BCUT2D eigenvalue weighted by molar-refractivity contribution is 0.108. The van der Waals surface area contributed by atoms with Crippen LogP contribution in [0.1, 0.15) is 10.4 Å². The predicted octanol–water partition coefficient (Wildman–Crippen LogP) is 2.99. The topological polar surface area (TPSA) is 62.8 Å². The fraction of sp³-hybridized carbons (Fsp3) is 0. The van der Waals surface area contributed by atoms with E-state index in [1.165, 1.54) is 24.3 Å². The molecule has 0 saturated heterocycles. The van der Waals surface area contributed by atoms with Gasteiger partial charge in [0, 0.05) is 5.56 Å². The summed E-state index contributed by atoms with van der Waals surface area (Å²) < 4.78 is 12.8. The fourth-order valence-corrected chi connectivity index (χ4v) is 2.53. The number of halogens is 1. The molecule has 21 heavy (non-hydrogen) atoms. The largest absolute Gasteiger partial charge is 0.318 e. The van der Waals surface area contributed by atoms with Crippen LogP contribution in [0.4, 0.5) is 4.39 Å². The van der Waals surface area contributed by atoms with Crippen LogP contribution in [0, 0.1) is 5.82 Å². The van der Waals surface area contributed by atoms with Crippen LogP contribution >= 0.6 is 11.8 Å². The van der Waals surface area contributed by atoms with Gasteiger partial charge in [-0.05, 0) is 48.2 Å². The first-order chi connectivity index (χ1) is 10.1. The molecule has 0 radical (unpaired) electrons. The third-order valence-corrected chi connectivity index (χ3v) is 3.73. The Hall–Kier alpha value is -2.47. The van der Waals surface area contributed by atoms with Crippen LogP contribution in [0.3, 0.4) is 0 Å². The van der Waals surface area contributed by atoms with Crippen molar-refractivity contribution in [1.29, 1.82) is 0 Å². The second-order valence-corrected chi connectivity index (χ2v) is 5.25.